The van der Waals surface area contributed by atoms with Gasteiger partial charge >= 0.3 is 18.0 Å². The Morgan fingerprint density at radius 2 is 1.62 bits per heavy atom. The lowest BCUT2D eigenvalue weighted by molar-refractivity contribution is -0.137. The number of fused-ring (bicyclic) bond motifs is 4. The summed E-state index contributed by atoms with van der Waals surface area (Å²) in [5.74, 6) is -3.14. The smallest absolute Gasteiger partial charge is 0.338 e. The Labute approximate surface area is 272 Å². The second kappa shape index (κ2) is 13.6. The third kappa shape index (κ3) is 6.13. The number of nitrogens with one attached hydrogen (secondary N) is 2. The van der Waals surface area contributed by atoms with Gasteiger partial charge < -0.3 is 25.0 Å². The van der Waals surface area contributed by atoms with E-state index in [1.54, 1.807) is 0 Å². The monoisotopic (exact) mass is 644 g/mol. The molecule has 0 aromatic heterocycles. The van der Waals surface area contributed by atoms with Crippen molar-refractivity contribution in [1.82, 2.24) is 20.4 Å². The lowest BCUT2D eigenvalue weighted by Gasteiger charge is -2.46. The number of ether oxygens (including phenoxy) is 2. The summed E-state index contributed by atoms with van der Waals surface area (Å²) in [6.45, 7) is 2.62. The van der Waals surface area contributed by atoms with Crippen LogP contribution in [0.4, 0.5) is 18.4 Å². The summed E-state index contributed by atoms with van der Waals surface area (Å²) in [5.41, 5.74) is 5.59. The minimum atomic E-state index is -1.38. The fourth-order valence-electron chi connectivity index (χ4n) is 7.39. The van der Waals surface area contributed by atoms with E-state index in [1.165, 1.54) is 35.4 Å². The molecule has 1 aliphatic carbocycles. The molecule has 3 aliphatic rings. The van der Waals surface area contributed by atoms with Crippen molar-refractivity contribution >= 4 is 18.0 Å². The number of piperidine rings is 1. The summed E-state index contributed by atoms with van der Waals surface area (Å²) in [6.07, 6.45) is 3.55. The maximum Gasteiger partial charge on any atom is 0.338 e. The lowest BCUT2D eigenvalue weighted by Crippen LogP contribution is -2.55. The van der Waals surface area contributed by atoms with E-state index in [0.717, 1.165) is 63.0 Å². The van der Waals surface area contributed by atoms with E-state index in [1.807, 2.05) is 0 Å². The van der Waals surface area contributed by atoms with Crippen LogP contribution in [0.3, 0.4) is 0 Å². The van der Waals surface area contributed by atoms with Gasteiger partial charge in [-0.05, 0) is 85.3 Å². The molecule has 3 aromatic rings. The first kappa shape index (κ1) is 32.3. The van der Waals surface area contributed by atoms with Gasteiger partial charge in [0.05, 0.1) is 25.0 Å². The molecule has 3 aromatic carbocycles. The molecule has 1 spiro atoms. The molecule has 6 rings (SSSR count). The Hall–Kier alpha value is -4.61. The molecule has 11 heteroatoms. The molecule has 1 atom stereocenters. The normalized spacial score (nSPS) is 18.8. The lowest BCUT2D eigenvalue weighted by atomic mass is 9.62. The minimum Gasteiger partial charge on any atom is -0.466 e. The number of hydrogen-bond donors (Lipinski definition) is 2. The summed E-state index contributed by atoms with van der Waals surface area (Å²) >= 11 is 0. The molecule has 4 amide bonds. The number of amides is 4. The van der Waals surface area contributed by atoms with Crippen LogP contribution in [0.2, 0.25) is 0 Å². The predicted octanol–water partition coefficient (Wildman–Crippen LogP) is 5.19. The number of nitrogens with zero attached hydrogens (tertiary/aromatic N) is 2. The molecular weight excluding hydrogens is 606 g/mol. The van der Waals surface area contributed by atoms with E-state index < -0.39 is 35.7 Å². The topological polar surface area (TPSA) is 100 Å². The number of urea groups is 2. The molecule has 2 N–H and O–H groups in total. The number of rotatable bonds is 8. The molecule has 0 bridgehead atoms. The average Bonchev–Trinajstić information content (AvgIpc) is 3.08. The Bertz CT molecular complexity index is 1670. The third-order valence-corrected chi connectivity index (χ3v) is 9.59. The van der Waals surface area contributed by atoms with Gasteiger partial charge in [0.1, 0.15) is 6.04 Å². The van der Waals surface area contributed by atoms with Crippen LogP contribution in [0, 0.1) is 11.6 Å². The van der Waals surface area contributed by atoms with E-state index in [9.17, 15) is 23.2 Å². The van der Waals surface area contributed by atoms with E-state index in [4.69, 9.17) is 9.47 Å². The van der Waals surface area contributed by atoms with Gasteiger partial charge in [0.15, 0.2) is 11.6 Å². The van der Waals surface area contributed by atoms with Crippen LogP contribution in [0.15, 0.2) is 78.0 Å². The van der Waals surface area contributed by atoms with Crippen LogP contribution in [0.1, 0.15) is 53.1 Å². The van der Waals surface area contributed by atoms with Gasteiger partial charge in [-0.3, -0.25) is 0 Å². The van der Waals surface area contributed by atoms with Gasteiger partial charge in [0.25, 0.3) is 0 Å². The number of benzene rings is 3. The van der Waals surface area contributed by atoms with Gasteiger partial charge in [-0.15, -0.1) is 0 Å². The Kier molecular flexibility index (Phi) is 9.38. The van der Waals surface area contributed by atoms with Crippen LogP contribution in [0.25, 0.3) is 0 Å². The van der Waals surface area contributed by atoms with Crippen molar-refractivity contribution in [3.05, 3.63) is 117 Å². The molecular formula is C36H38F2N4O5. The summed E-state index contributed by atoms with van der Waals surface area (Å²) in [4.78, 5) is 42.9. The van der Waals surface area contributed by atoms with Crippen LogP contribution >= 0.6 is 0 Å². The molecule has 2 heterocycles. The maximum absolute atomic E-state index is 14.3. The van der Waals surface area contributed by atoms with Crippen molar-refractivity contribution in [2.75, 3.05) is 47.0 Å². The second-order valence-electron chi connectivity index (χ2n) is 12.2. The van der Waals surface area contributed by atoms with Crippen LogP contribution < -0.4 is 10.6 Å². The standard InChI is InChI=1S/C36H38F2N4O5/c1-46-22-30-31(33(43)47-2)32(25-12-13-28(37)29(38)21-25)42(35(45)40-30)34(44)39-16-7-17-41-18-14-36(15-19-41)26-10-5-3-8-23(26)20-24-9-4-6-11-27(24)36/h3-6,8-13,21,32H,7,14-20,22H2,1-2H3,(H,39,44)(H,40,45). The molecule has 2 aliphatic heterocycles. The van der Waals surface area contributed by atoms with Gasteiger partial charge in [-0.2, -0.15) is 0 Å². The molecule has 0 radical (unpaired) electrons. The molecule has 47 heavy (non-hydrogen) atoms. The number of carbonyl (C=O) groups is 3. The van der Waals surface area contributed by atoms with E-state index in [-0.39, 0.29) is 35.4 Å². The highest BCUT2D eigenvalue weighted by Crippen LogP contribution is 2.48. The molecule has 246 valence electrons. The highest BCUT2D eigenvalue weighted by Gasteiger charge is 2.44. The zero-order chi connectivity index (χ0) is 33.1. The maximum atomic E-state index is 14.3. The minimum absolute atomic E-state index is 0.0147. The third-order valence-electron chi connectivity index (χ3n) is 9.59. The van der Waals surface area contributed by atoms with Crippen LogP contribution in [-0.4, -0.2) is 74.8 Å². The fourth-order valence-corrected chi connectivity index (χ4v) is 7.39. The molecule has 1 unspecified atom stereocenters. The van der Waals surface area contributed by atoms with Crippen molar-refractivity contribution < 1.29 is 32.6 Å². The number of likely N-dealkylation sites (tertiary alicyclic amines) is 1. The zero-order valence-corrected chi connectivity index (χ0v) is 26.5. The van der Waals surface area contributed by atoms with Crippen molar-refractivity contribution in [2.24, 2.45) is 0 Å². The SMILES string of the molecule is COCC1=C(C(=O)OC)C(c2ccc(F)c(F)c2)N(C(=O)NCCCN2CCC3(CC2)c2ccccc2Cc2ccccc23)C(=O)N1. The Morgan fingerprint density at radius 1 is 0.957 bits per heavy atom. The first-order chi connectivity index (χ1) is 22.8. The molecule has 1 saturated heterocycles. The number of imide groups is 1. The van der Waals surface area contributed by atoms with Gasteiger partial charge in [0.2, 0.25) is 0 Å². The van der Waals surface area contributed by atoms with Gasteiger partial charge in [0, 0.05) is 19.1 Å². The van der Waals surface area contributed by atoms with Crippen molar-refractivity contribution in [3.63, 3.8) is 0 Å². The first-order valence-electron chi connectivity index (χ1n) is 15.8. The summed E-state index contributed by atoms with van der Waals surface area (Å²) < 4.78 is 38.3. The Balaban J connectivity index is 1.13. The van der Waals surface area contributed by atoms with Crippen LogP contribution in [0.5, 0.6) is 0 Å². The molecule has 1 fully saturated rings. The molecule has 9 nitrogen and oxygen atoms in total. The van der Waals surface area contributed by atoms with Crippen LogP contribution in [-0.2, 0) is 26.1 Å². The summed E-state index contributed by atoms with van der Waals surface area (Å²) in [7, 11) is 2.52. The zero-order valence-electron chi connectivity index (χ0n) is 26.5. The van der Waals surface area contributed by atoms with Gasteiger partial charge in [-0.1, -0.05) is 54.6 Å². The van der Waals surface area contributed by atoms with E-state index in [0.29, 0.717) is 6.42 Å². The number of carbonyl (C=O) groups excluding carboxylic acids is 3. The highest BCUT2D eigenvalue weighted by molar-refractivity contribution is 6.01. The largest absolute Gasteiger partial charge is 0.466 e. The summed E-state index contributed by atoms with van der Waals surface area (Å²) in [6, 6.07) is 17.5. The first-order valence-corrected chi connectivity index (χ1v) is 15.8. The predicted molar refractivity (Wildman–Crippen MR) is 171 cm³/mol. The number of hydrogen-bond acceptors (Lipinski definition) is 6. The van der Waals surface area contributed by atoms with Crippen molar-refractivity contribution in [1.29, 1.82) is 0 Å². The molecule has 0 saturated carbocycles. The number of esters is 1. The Morgan fingerprint density at radius 3 is 2.23 bits per heavy atom. The fraction of sp³-hybridized carbons (Fsp3) is 0.361. The quantitative estimate of drug-likeness (QED) is 0.259. The van der Waals surface area contributed by atoms with Crippen molar-refractivity contribution in [3.8, 4) is 0 Å². The number of halogens is 2. The van der Waals surface area contributed by atoms with E-state index in [2.05, 4.69) is 64.1 Å². The highest BCUT2D eigenvalue weighted by atomic mass is 19.2. The second-order valence-corrected chi connectivity index (χ2v) is 12.2. The van der Waals surface area contributed by atoms with Gasteiger partial charge in [-0.25, -0.2) is 28.1 Å². The summed E-state index contributed by atoms with van der Waals surface area (Å²) in [5, 5.41) is 5.31. The van der Waals surface area contributed by atoms with Crippen molar-refractivity contribution in [2.45, 2.75) is 37.1 Å². The average molecular weight is 645 g/mol. The number of methoxy groups -OCH3 is 2. The van der Waals surface area contributed by atoms with E-state index >= 15 is 0 Å².